The van der Waals surface area contributed by atoms with E-state index in [-0.39, 0.29) is 17.3 Å². The average Bonchev–Trinajstić information content (AvgIpc) is 2.19. The van der Waals surface area contributed by atoms with E-state index in [1.807, 2.05) is 12.1 Å². The van der Waals surface area contributed by atoms with Gasteiger partial charge in [-0.3, -0.25) is 11.3 Å². The molecule has 0 radical (unpaired) electrons. The number of benzene rings is 1. The number of nitrogens with two attached hydrogens (primary N) is 1. The molecule has 1 atom stereocenters. The Hall–Kier alpha value is -0.930. The van der Waals surface area contributed by atoms with Gasteiger partial charge in [0.1, 0.15) is 5.82 Å². The molecule has 3 N–H and O–H groups in total. The predicted molar refractivity (Wildman–Crippen MR) is 60.8 cm³/mol. The fourth-order valence-electron chi connectivity index (χ4n) is 1.92. The Balaban J connectivity index is 2.98. The lowest BCUT2D eigenvalue weighted by Gasteiger charge is -2.33. The molecule has 0 fully saturated rings. The van der Waals surface area contributed by atoms with Crippen molar-refractivity contribution in [3.63, 3.8) is 0 Å². The fourth-order valence-corrected chi connectivity index (χ4v) is 1.92. The first-order valence-corrected chi connectivity index (χ1v) is 5.24. The van der Waals surface area contributed by atoms with Crippen LogP contribution >= 0.6 is 0 Å². The first kappa shape index (κ1) is 12.1. The van der Waals surface area contributed by atoms with Crippen molar-refractivity contribution in [2.75, 3.05) is 0 Å². The molecule has 0 aliphatic rings. The number of rotatable bonds is 4. The summed E-state index contributed by atoms with van der Waals surface area (Å²) in [5, 5.41) is 0. The molecule has 15 heavy (non-hydrogen) atoms. The molecule has 1 rings (SSSR count). The van der Waals surface area contributed by atoms with Crippen LogP contribution in [0.4, 0.5) is 4.39 Å². The molecule has 0 spiro atoms. The Bertz CT molecular complexity index is 302. The third-order valence-corrected chi connectivity index (χ3v) is 3.07. The summed E-state index contributed by atoms with van der Waals surface area (Å²) in [6.45, 7) is 6.29. The van der Waals surface area contributed by atoms with Crippen LogP contribution in [0.5, 0.6) is 0 Å². The summed E-state index contributed by atoms with van der Waals surface area (Å²) in [6.07, 6.45) is 0.931. The highest BCUT2D eigenvalue weighted by Crippen LogP contribution is 2.28. The average molecular weight is 210 g/mol. The van der Waals surface area contributed by atoms with E-state index in [4.69, 9.17) is 5.84 Å². The number of hydrogen-bond acceptors (Lipinski definition) is 2. The van der Waals surface area contributed by atoms with Gasteiger partial charge in [0.25, 0.3) is 0 Å². The van der Waals surface area contributed by atoms with Crippen molar-refractivity contribution in [1.29, 1.82) is 0 Å². The van der Waals surface area contributed by atoms with Gasteiger partial charge in [0.2, 0.25) is 0 Å². The molecule has 0 aliphatic carbocycles. The van der Waals surface area contributed by atoms with Gasteiger partial charge in [-0.05, 0) is 24.1 Å². The van der Waals surface area contributed by atoms with E-state index in [1.165, 1.54) is 12.1 Å². The second-order valence-electron chi connectivity index (χ2n) is 4.36. The molecule has 1 unspecified atom stereocenters. The molecule has 2 nitrogen and oxygen atoms in total. The van der Waals surface area contributed by atoms with Crippen molar-refractivity contribution in [3.05, 3.63) is 35.6 Å². The van der Waals surface area contributed by atoms with E-state index in [0.717, 1.165) is 12.0 Å². The van der Waals surface area contributed by atoms with E-state index < -0.39 is 0 Å². The molecular formula is C12H19FN2. The van der Waals surface area contributed by atoms with Crippen molar-refractivity contribution in [2.45, 2.75) is 38.6 Å². The lowest BCUT2D eigenvalue weighted by atomic mass is 9.77. The SMILES string of the molecule is CCC(NN)C(C)(C)c1ccc(F)cc1. The highest BCUT2D eigenvalue weighted by Gasteiger charge is 2.29. The maximum atomic E-state index is 12.8. The smallest absolute Gasteiger partial charge is 0.123 e. The Kier molecular flexibility index (Phi) is 3.83. The van der Waals surface area contributed by atoms with Gasteiger partial charge in [0.15, 0.2) is 0 Å². The Morgan fingerprint density at radius 3 is 2.27 bits per heavy atom. The maximum Gasteiger partial charge on any atom is 0.123 e. The van der Waals surface area contributed by atoms with Crippen LogP contribution in [-0.2, 0) is 5.41 Å². The van der Waals surface area contributed by atoms with Crippen LogP contribution in [0.15, 0.2) is 24.3 Å². The van der Waals surface area contributed by atoms with E-state index in [0.29, 0.717) is 0 Å². The molecule has 0 aromatic heterocycles. The third-order valence-electron chi connectivity index (χ3n) is 3.07. The van der Waals surface area contributed by atoms with E-state index in [2.05, 4.69) is 26.2 Å². The summed E-state index contributed by atoms with van der Waals surface area (Å²) in [5.41, 5.74) is 3.80. The van der Waals surface area contributed by atoms with Crippen molar-refractivity contribution in [3.8, 4) is 0 Å². The Morgan fingerprint density at radius 2 is 1.87 bits per heavy atom. The van der Waals surface area contributed by atoms with Crippen molar-refractivity contribution in [2.24, 2.45) is 5.84 Å². The van der Waals surface area contributed by atoms with Crippen molar-refractivity contribution in [1.82, 2.24) is 5.43 Å². The quantitative estimate of drug-likeness (QED) is 0.591. The lowest BCUT2D eigenvalue weighted by molar-refractivity contribution is 0.335. The van der Waals surface area contributed by atoms with E-state index >= 15 is 0 Å². The Morgan fingerprint density at radius 1 is 1.33 bits per heavy atom. The summed E-state index contributed by atoms with van der Waals surface area (Å²) < 4.78 is 12.8. The summed E-state index contributed by atoms with van der Waals surface area (Å²) in [4.78, 5) is 0. The first-order chi connectivity index (χ1) is 7.02. The van der Waals surface area contributed by atoms with Gasteiger partial charge < -0.3 is 0 Å². The van der Waals surface area contributed by atoms with Crippen molar-refractivity contribution < 1.29 is 4.39 Å². The largest absolute Gasteiger partial charge is 0.271 e. The second kappa shape index (κ2) is 4.73. The minimum Gasteiger partial charge on any atom is -0.271 e. The van der Waals surface area contributed by atoms with Gasteiger partial charge in [-0.1, -0.05) is 32.9 Å². The topological polar surface area (TPSA) is 38.0 Å². The molecule has 0 saturated heterocycles. The number of hydrazine groups is 1. The monoisotopic (exact) mass is 210 g/mol. The molecule has 84 valence electrons. The molecular weight excluding hydrogens is 191 g/mol. The molecule has 0 aliphatic heterocycles. The van der Waals surface area contributed by atoms with Gasteiger partial charge >= 0.3 is 0 Å². The third kappa shape index (κ3) is 2.55. The van der Waals surface area contributed by atoms with Crippen LogP contribution in [0.25, 0.3) is 0 Å². The lowest BCUT2D eigenvalue weighted by Crippen LogP contribution is -2.47. The first-order valence-electron chi connectivity index (χ1n) is 5.24. The molecule has 0 amide bonds. The van der Waals surface area contributed by atoms with Crippen LogP contribution in [-0.4, -0.2) is 6.04 Å². The minimum absolute atomic E-state index is 0.1000. The van der Waals surface area contributed by atoms with Crippen LogP contribution in [0.3, 0.4) is 0 Å². The maximum absolute atomic E-state index is 12.8. The van der Waals surface area contributed by atoms with Gasteiger partial charge in [-0.15, -0.1) is 0 Å². The van der Waals surface area contributed by atoms with Crippen LogP contribution in [0, 0.1) is 5.82 Å². The Labute approximate surface area is 90.6 Å². The van der Waals surface area contributed by atoms with Crippen molar-refractivity contribution >= 4 is 0 Å². The van der Waals surface area contributed by atoms with Crippen LogP contribution in [0.2, 0.25) is 0 Å². The molecule has 3 heteroatoms. The predicted octanol–water partition coefficient (Wildman–Crippen LogP) is 2.35. The van der Waals surface area contributed by atoms with Crippen LogP contribution < -0.4 is 11.3 Å². The normalized spacial score (nSPS) is 13.9. The minimum atomic E-state index is -0.205. The zero-order chi connectivity index (χ0) is 11.5. The number of hydrogen-bond donors (Lipinski definition) is 2. The van der Waals surface area contributed by atoms with Gasteiger partial charge in [-0.25, -0.2) is 4.39 Å². The molecule has 0 saturated carbocycles. The van der Waals surface area contributed by atoms with Gasteiger partial charge in [0.05, 0.1) is 0 Å². The molecule has 1 aromatic carbocycles. The number of nitrogens with one attached hydrogen (secondary N) is 1. The second-order valence-corrected chi connectivity index (χ2v) is 4.36. The highest BCUT2D eigenvalue weighted by atomic mass is 19.1. The zero-order valence-electron chi connectivity index (χ0n) is 9.55. The highest BCUT2D eigenvalue weighted by molar-refractivity contribution is 5.26. The van der Waals surface area contributed by atoms with Gasteiger partial charge in [-0.2, -0.15) is 0 Å². The summed E-state index contributed by atoms with van der Waals surface area (Å²) in [5.74, 6) is 5.31. The zero-order valence-corrected chi connectivity index (χ0v) is 9.55. The summed E-state index contributed by atoms with van der Waals surface area (Å²) >= 11 is 0. The van der Waals surface area contributed by atoms with E-state index in [9.17, 15) is 4.39 Å². The standard InChI is InChI=1S/C12H19FN2/c1-4-11(15-14)12(2,3)9-5-7-10(13)8-6-9/h5-8,11,15H,4,14H2,1-3H3. The molecule has 0 heterocycles. The molecule has 0 bridgehead atoms. The summed E-state index contributed by atoms with van der Waals surface area (Å²) in [6, 6.07) is 6.79. The van der Waals surface area contributed by atoms with E-state index in [1.54, 1.807) is 0 Å². The number of halogens is 1. The summed E-state index contributed by atoms with van der Waals surface area (Å²) in [7, 11) is 0. The van der Waals surface area contributed by atoms with Crippen LogP contribution in [0.1, 0.15) is 32.8 Å². The fraction of sp³-hybridized carbons (Fsp3) is 0.500. The van der Waals surface area contributed by atoms with Gasteiger partial charge in [0, 0.05) is 11.5 Å². The molecule has 1 aromatic rings.